The zero-order chi connectivity index (χ0) is 19.7. The minimum Gasteiger partial charge on any atom is -0.342 e. The first-order valence-corrected chi connectivity index (χ1v) is 8.81. The number of halogens is 3. The number of rotatable bonds is 4. The van der Waals surface area contributed by atoms with E-state index in [4.69, 9.17) is 0 Å². The van der Waals surface area contributed by atoms with Crippen LogP contribution in [0, 0.1) is 0 Å². The number of nitrogens with zero attached hydrogens (tertiary/aromatic N) is 5. The fourth-order valence-electron chi connectivity index (χ4n) is 3.31. The molecule has 0 bridgehead atoms. The molecule has 1 amide bonds. The Labute approximate surface area is 158 Å². The monoisotopic (exact) mass is 390 g/mol. The van der Waals surface area contributed by atoms with Crippen LogP contribution in [-0.2, 0) is 13.0 Å². The number of carbonyl (C=O) groups excluding carboxylic acids is 1. The number of aryl methyl sites for hydroxylation is 1. The number of alkyl halides is 3. The standard InChI is InChI=1S/C18H17F3N6O/c19-18(20,21)11-26-9-12-5-4-8-14(16(12)24-26)22-17(28)15-10-27(25-23-15)13-6-2-1-3-7-13/h1-3,6-7,9-10,14H,4-5,8,11H2,(H,22,28). The van der Waals surface area contributed by atoms with Crippen molar-refractivity contribution in [2.24, 2.45) is 0 Å². The van der Waals surface area contributed by atoms with Crippen LogP contribution in [0.2, 0.25) is 0 Å². The number of carbonyl (C=O) groups is 1. The van der Waals surface area contributed by atoms with Crippen LogP contribution in [0.15, 0.2) is 42.7 Å². The summed E-state index contributed by atoms with van der Waals surface area (Å²) < 4.78 is 40.3. The van der Waals surface area contributed by atoms with E-state index in [9.17, 15) is 18.0 Å². The van der Waals surface area contributed by atoms with E-state index in [2.05, 4.69) is 20.7 Å². The van der Waals surface area contributed by atoms with Gasteiger partial charge in [0.1, 0.15) is 6.54 Å². The summed E-state index contributed by atoms with van der Waals surface area (Å²) in [6, 6.07) is 8.77. The van der Waals surface area contributed by atoms with Gasteiger partial charge < -0.3 is 5.32 Å². The molecule has 0 saturated carbocycles. The predicted molar refractivity (Wildman–Crippen MR) is 92.8 cm³/mol. The molecule has 2 heterocycles. The van der Waals surface area contributed by atoms with Gasteiger partial charge >= 0.3 is 6.18 Å². The molecule has 2 aromatic heterocycles. The number of benzene rings is 1. The van der Waals surface area contributed by atoms with Gasteiger partial charge in [0.2, 0.25) is 0 Å². The zero-order valence-corrected chi connectivity index (χ0v) is 14.7. The summed E-state index contributed by atoms with van der Waals surface area (Å²) in [7, 11) is 0. The van der Waals surface area contributed by atoms with Crippen molar-refractivity contribution in [1.29, 1.82) is 0 Å². The van der Waals surface area contributed by atoms with Crippen LogP contribution in [0.1, 0.15) is 40.6 Å². The van der Waals surface area contributed by atoms with E-state index < -0.39 is 24.7 Å². The van der Waals surface area contributed by atoms with Crippen LogP contribution < -0.4 is 5.32 Å². The molecule has 28 heavy (non-hydrogen) atoms. The van der Waals surface area contributed by atoms with Crippen LogP contribution in [0.4, 0.5) is 13.2 Å². The maximum atomic E-state index is 12.6. The molecule has 1 atom stereocenters. The third kappa shape index (κ3) is 3.90. The van der Waals surface area contributed by atoms with Crippen molar-refractivity contribution in [3.63, 3.8) is 0 Å². The number of para-hydroxylation sites is 1. The molecular weight excluding hydrogens is 373 g/mol. The van der Waals surface area contributed by atoms with Crippen LogP contribution in [0.3, 0.4) is 0 Å². The van der Waals surface area contributed by atoms with E-state index in [1.807, 2.05) is 30.3 Å². The second-order valence-corrected chi connectivity index (χ2v) is 6.65. The highest BCUT2D eigenvalue weighted by atomic mass is 19.4. The lowest BCUT2D eigenvalue weighted by molar-refractivity contribution is -0.142. The molecule has 1 aliphatic carbocycles. The summed E-state index contributed by atoms with van der Waals surface area (Å²) in [5.41, 5.74) is 2.11. The SMILES string of the molecule is O=C(NC1CCCc2cn(CC(F)(F)F)nc21)c1cn(-c2ccccc2)nn1. The van der Waals surface area contributed by atoms with Gasteiger partial charge in [-0.1, -0.05) is 23.4 Å². The van der Waals surface area contributed by atoms with Crippen molar-refractivity contribution < 1.29 is 18.0 Å². The summed E-state index contributed by atoms with van der Waals surface area (Å²) in [4.78, 5) is 12.6. The molecule has 1 N–H and O–H groups in total. The average molecular weight is 390 g/mol. The lowest BCUT2D eigenvalue weighted by atomic mass is 9.93. The molecule has 0 saturated heterocycles. The summed E-state index contributed by atoms with van der Waals surface area (Å²) in [5.74, 6) is -0.439. The topological polar surface area (TPSA) is 77.6 Å². The fourth-order valence-corrected chi connectivity index (χ4v) is 3.31. The van der Waals surface area contributed by atoms with Gasteiger partial charge in [-0.25, -0.2) is 4.68 Å². The van der Waals surface area contributed by atoms with Gasteiger partial charge in [0.15, 0.2) is 5.69 Å². The summed E-state index contributed by atoms with van der Waals surface area (Å²) in [5, 5.41) is 14.7. The summed E-state index contributed by atoms with van der Waals surface area (Å²) in [6.45, 7) is -1.15. The Bertz CT molecular complexity index is 979. The van der Waals surface area contributed by atoms with Gasteiger partial charge in [0.25, 0.3) is 5.91 Å². The molecule has 3 aromatic rings. The summed E-state index contributed by atoms with van der Waals surface area (Å²) >= 11 is 0. The molecule has 1 aromatic carbocycles. The summed E-state index contributed by atoms with van der Waals surface area (Å²) in [6.07, 6.45) is 0.581. The highest BCUT2D eigenvalue weighted by Crippen LogP contribution is 2.29. The van der Waals surface area contributed by atoms with E-state index >= 15 is 0 Å². The van der Waals surface area contributed by atoms with Crippen molar-refractivity contribution in [1.82, 2.24) is 30.1 Å². The number of nitrogens with one attached hydrogen (secondary N) is 1. The smallest absolute Gasteiger partial charge is 0.342 e. The van der Waals surface area contributed by atoms with Gasteiger partial charge in [-0.15, -0.1) is 5.10 Å². The largest absolute Gasteiger partial charge is 0.408 e. The van der Waals surface area contributed by atoms with Crippen molar-refractivity contribution >= 4 is 5.91 Å². The molecule has 0 aliphatic heterocycles. The van der Waals surface area contributed by atoms with Gasteiger partial charge in [0, 0.05) is 6.20 Å². The highest BCUT2D eigenvalue weighted by molar-refractivity contribution is 5.92. The minimum atomic E-state index is -4.34. The number of amides is 1. The van der Waals surface area contributed by atoms with Gasteiger partial charge in [-0.05, 0) is 37.0 Å². The molecule has 1 unspecified atom stereocenters. The quantitative estimate of drug-likeness (QED) is 0.743. The second-order valence-electron chi connectivity index (χ2n) is 6.65. The second kappa shape index (κ2) is 7.10. The molecule has 0 radical (unpaired) electrons. The molecule has 0 spiro atoms. The van der Waals surface area contributed by atoms with Crippen LogP contribution in [-0.4, -0.2) is 36.9 Å². The van der Waals surface area contributed by atoms with E-state index in [-0.39, 0.29) is 5.69 Å². The average Bonchev–Trinajstić information content (AvgIpc) is 3.28. The van der Waals surface area contributed by atoms with E-state index in [0.29, 0.717) is 18.5 Å². The number of hydrogen-bond acceptors (Lipinski definition) is 4. The van der Waals surface area contributed by atoms with Crippen LogP contribution >= 0.6 is 0 Å². The third-order valence-electron chi connectivity index (χ3n) is 4.53. The van der Waals surface area contributed by atoms with Crippen LogP contribution in [0.25, 0.3) is 5.69 Å². The first-order chi connectivity index (χ1) is 13.4. The Balaban J connectivity index is 1.50. The van der Waals surface area contributed by atoms with Gasteiger partial charge in [0.05, 0.1) is 23.6 Å². The van der Waals surface area contributed by atoms with Crippen molar-refractivity contribution in [2.75, 3.05) is 0 Å². The number of hydrogen-bond donors (Lipinski definition) is 1. The van der Waals surface area contributed by atoms with Crippen molar-refractivity contribution in [3.05, 3.63) is 59.7 Å². The Morgan fingerprint density at radius 1 is 1.21 bits per heavy atom. The maximum absolute atomic E-state index is 12.6. The van der Waals surface area contributed by atoms with Crippen molar-refractivity contribution in [2.45, 2.75) is 38.0 Å². The number of aromatic nitrogens is 5. The molecule has 1 aliphatic rings. The molecule has 0 fully saturated rings. The minimum absolute atomic E-state index is 0.130. The first kappa shape index (κ1) is 18.2. The van der Waals surface area contributed by atoms with Crippen molar-refractivity contribution in [3.8, 4) is 5.69 Å². The number of fused-ring (bicyclic) bond motifs is 1. The first-order valence-electron chi connectivity index (χ1n) is 8.81. The Morgan fingerprint density at radius 3 is 2.75 bits per heavy atom. The Kier molecular flexibility index (Phi) is 4.62. The van der Waals surface area contributed by atoms with E-state index in [1.54, 1.807) is 0 Å². The van der Waals surface area contributed by atoms with E-state index in [0.717, 1.165) is 22.4 Å². The van der Waals surface area contributed by atoms with Gasteiger partial charge in [-0.2, -0.15) is 18.3 Å². The van der Waals surface area contributed by atoms with Crippen LogP contribution in [0.5, 0.6) is 0 Å². The maximum Gasteiger partial charge on any atom is 0.408 e. The third-order valence-corrected chi connectivity index (χ3v) is 4.53. The lowest BCUT2D eigenvalue weighted by Gasteiger charge is -2.21. The Hall–Kier alpha value is -3.17. The molecule has 146 valence electrons. The predicted octanol–water partition coefficient (Wildman–Crippen LogP) is 2.83. The lowest BCUT2D eigenvalue weighted by Crippen LogP contribution is -2.31. The molecule has 7 nitrogen and oxygen atoms in total. The molecular formula is C18H17F3N6O. The molecule has 4 rings (SSSR count). The normalized spacial score (nSPS) is 16.6. The molecule has 10 heteroatoms. The highest BCUT2D eigenvalue weighted by Gasteiger charge is 2.31. The zero-order valence-electron chi connectivity index (χ0n) is 14.7. The fraction of sp³-hybridized carbons (Fsp3) is 0.333. The van der Waals surface area contributed by atoms with Gasteiger partial charge in [-0.3, -0.25) is 9.48 Å². The van der Waals surface area contributed by atoms with E-state index in [1.165, 1.54) is 17.1 Å². The Morgan fingerprint density at radius 2 is 2.00 bits per heavy atom.